The van der Waals surface area contributed by atoms with Crippen molar-refractivity contribution in [3.05, 3.63) is 34.0 Å². The number of aromatic nitrogens is 1. The molecule has 0 radical (unpaired) electrons. The molecule has 2 N–H and O–H groups in total. The fourth-order valence-electron chi connectivity index (χ4n) is 2.40. The molecule has 1 aromatic carbocycles. The molecule has 0 spiro atoms. The molecule has 0 aliphatic rings. The summed E-state index contributed by atoms with van der Waals surface area (Å²) in [7, 11) is 0. The van der Waals surface area contributed by atoms with Crippen molar-refractivity contribution in [3.8, 4) is 0 Å². The number of nitrogens with zero attached hydrogens (tertiary/aromatic N) is 1. The molecule has 1 heterocycles. The van der Waals surface area contributed by atoms with E-state index in [4.69, 9.17) is 17.3 Å². The minimum absolute atomic E-state index is 0.366. The number of benzene rings is 1. The summed E-state index contributed by atoms with van der Waals surface area (Å²) in [5.41, 5.74) is 11.1. The summed E-state index contributed by atoms with van der Waals surface area (Å²) < 4.78 is 0. The summed E-state index contributed by atoms with van der Waals surface area (Å²) in [6.07, 6.45) is 0. The number of pyridine rings is 1. The van der Waals surface area contributed by atoms with Crippen LogP contribution in [0.1, 0.15) is 36.6 Å². The average Bonchev–Trinajstić information content (AvgIpc) is 2.22. The van der Waals surface area contributed by atoms with Gasteiger partial charge in [-0.05, 0) is 37.0 Å². The van der Waals surface area contributed by atoms with E-state index in [1.165, 1.54) is 0 Å². The van der Waals surface area contributed by atoms with Crippen LogP contribution in [-0.2, 0) is 0 Å². The number of fused-ring (bicyclic) bond motifs is 1. The molecule has 2 nitrogen and oxygen atoms in total. The highest BCUT2D eigenvalue weighted by atomic mass is 35.5. The first-order chi connectivity index (χ1) is 7.93. The van der Waals surface area contributed by atoms with Crippen molar-refractivity contribution in [3.63, 3.8) is 0 Å². The van der Waals surface area contributed by atoms with Gasteiger partial charge in [-0.2, -0.15) is 0 Å². The maximum Gasteiger partial charge on any atom is 0.0914 e. The molecule has 0 saturated heterocycles. The number of rotatable bonds is 1. The highest BCUT2D eigenvalue weighted by molar-refractivity contribution is 6.35. The van der Waals surface area contributed by atoms with Gasteiger partial charge in [0, 0.05) is 16.8 Å². The van der Waals surface area contributed by atoms with Gasteiger partial charge >= 0.3 is 0 Å². The lowest BCUT2D eigenvalue weighted by Gasteiger charge is -2.16. The van der Waals surface area contributed by atoms with Crippen molar-refractivity contribution in [1.29, 1.82) is 0 Å². The lowest BCUT2D eigenvalue weighted by Crippen LogP contribution is -2.04. The quantitative estimate of drug-likeness (QED) is 0.821. The maximum atomic E-state index is 6.29. The summed E-state index contributed by atoms with van der Waals surface area (Å²) >= 11 is 6.19. The Morgan fingerprint density at radius 2 is 1.88 bits per heavy atom. The smallest absolute Gasteiger partial charge is 0.0914 e. The molecule has 0 atom stereocenters. The molecule has 0 aliphatic carbocycles. The van der Waals surface area contributed by atoms with E-state index in [1.807, 2.05) is 26.0 Å². The van der Waals surface area contributed by atoms with Crippen LogP contribution in [-0.4, -0.2) is 4.98 Å². The number of halogens is 1. The minimum atomic E-state index is 0.366. The highest BCUT2D eigenvalue weighted by Crippen LogP contribution is 2.35. The first-order valence-electron chi connectivity index (χ1n) is 5.78. The molecule has 3 heteroatoms. The third-order valence-electron chi connectivity index (χ3n) is 3.14. The normalized spacial score (nSPS) is 11.4. The van der Waals surface area contributed by atoms with Crippen LogP contribution in [0.2, 0.25) is 5.02 Å². The highest BCUT2D eigenvalue weighted by Gasteiger charge is 2.15. The van der Waals surface area contributed by atoms with Gasteiger partial charge in [-0.15, -0.1) is 0 Å². The van der Waals surface area contributed by atoms with Gasteiger partial charge in [0.05, 0.1) is 10.5 Å². The Bertz CT molecular complexity index is 589. The number of aryl methyl sites for hydroxylation is 2. The summed E-state index contributed by atoms with van der Waals surface area (Å²) in [5.74, 6) is 0.366. The molecule has 17 heavy (non-hydrogen) atoms. The van der Waals surface area contributed by atoms with Gasteiger partial charge in [-0.25, -0.2) is 0 Å². The van der Waals surface area contributed by atoms with Crippen molar-refractivity contribution < 1.29 is 0 Å². The predicted octanol–water partition coefficient (Wildman–Crippen LogP) is 4.21. The zero-order valence-electron chi connectivity index (χ0n) is 10.6. The third kappa shape index (κ3) is 1.87. The summed E-state index contributed by atoms with van der Waals surface area (Å²) in [5, 5.41) is 1.66. The molecule has 2 aromatic rings. The molecule has 0 bridgehead atoms. The van der Waals surface area contributed by atoms with E-state index in [2.05, 4.69) is 18.8 Å². The van der Waals surface area contributed by atoms with Crippen LogP contribution in [0.25, 0.3) is 10.9 Å². The van der Waals surface area contributed by atoms with Crippen LogP contribution in [0, 0.1) is 13.8 Å². The molecular weight excluding hydrogens is 232 g/mol. The Hall–Kier alpha value is -1.28. The molecule has 0 fully saturated rings. The first kappa shape index (κ1) is 12.2. The van der Waals surface area contributed by atoms with Crippen molar-refractivity contribution in [2.75, 3.05) is 5.73 Å². The van der Waals surface area contributed by atoms with Gasteiger partial charge < -0.3 is 5.73 Å². The Balaban J connectivity index is 2.97. The molecule has 0 unspecified atom stereocenters. The molecule has 0 aliphatic heterocycles. The molecule has 0 amide bonds. The van der Waals surface area contributed by atoms with E-state index in [0.29, 0.717) is 10.9 Å². The molecule has 1 aromatic heterocycles. The number of hydrogen-bond acceptors (Lipinski definition) is 2. The average molecular weight is 249 g/mol. The third-order valence-corrected chi connectivity index (χ3v) is 3.45. The van der Waals surface area contributed by atoms with E-state index in [9.17, 15) is 0 Å². The summed E-state index contributed by atoms with van der Waals surface area (Å²) in [4.78, 5) is 4.61. The van der Waals surface area contributed by atoms with Crippen LogP contribution < -0.4 is 5.73 Å². The van der Waals surface area contributed by atoms with E-state index in [1.54, 1.807) is 0 Å². The fourth-order valence-corrected chi connectivity index (χ4v) is 2.60. The van der Waals surface area contributed by atoms with Crippen molar-refractivity contribution >= 4 is 28.2 Å². The largest absolute Gasteiger partial charge is 0.398 e. The molecular formula is C14H17ClN2. The Morgan fingerprint density at radius 3 is 2.47 bits per heavy atom. The zero-order chi connectivity index (χ0) is 12.7. The van der Waals surface area contributed by atoms with Gasteiger partial charge in [0.2, 0.25) is 0 Å². The molecule has 0 saturated carbocycles. The van der Waals surface area contributed by atoms with Crippen molar-refractivity contribution in [1.82, 2.24) is 4.98 Å². The van der Waals surface area contributed by atoms with E-state index < -0.39 is 0 Å². The Labute approximate surface area is 107 Å². The topological polar surface area (TPSA) is 38.9 Å². The second kappa shape index (κ2) is 4.19. The van der Waals surface area contributed by atoms with Gasteiger partial charge in [-0.1, -0.05) is 31.5 Å². The molecule has 90 valence electrons. The Morgan fingerprint density at radius 1 is 1.24 bits per heavy atom. The van der Waals surface area contributed by atoms with Crippen molar-refractivity contribution in [2.45, 2.75) is 33.6 Å². The summed E-state index contributed by atoms with van der Waals surface area (Å²) in [6.45, 7) is 8.29. The maximum absolute atomic E-state index is 6.29. The fraction of sp³-hybridized carbons (Fsp3) is 0.357. The van der Waals surface area contributed by atoms with Crippen LogP contribution >= 0.6 is 11.6 Å². The van der Waals surface area contributed by atoms with Crippen LogP contribution in [0.15, 0.2) is 12.1 Å². The SMILES string of the molecule is Cc1nc2c(Cl)ccc(C)c2c(N)c1C(C)C. The van der Waals surface area contributed by atoms with Gasteiger partial charge in [0.25, 0.3) is 0 Å². The number of anilines is 1. The van der Waals surface area contributed by atoms with Gasteiger partial charge in [0.1, 0.15) is 0 Å². The summed E-state index contributed by atoms with van der Waals surface area (Å²) in [6, 6.07) is 3.86. The minimum Gasteiger partial charge on any atom is -0.398 e. The van der Waals surface area contributed by atoms with Crippen LogP contribution in [0.5, 0.6) is 0 Å². The lowest BCUT2D eigenvalue weighted by molar-refractivity contribution is 0.851. The van der Waals surface area contributed by atoms with E-state index in [-0.39, 0.29) is 0 Å². The van der Waals surface area contributed by atoms with Gasteiger partial charge in [0.15, 0.2) is 0 Å². The lowest BCUT2D eigenvalue weighted by atomic mass is 9.95. The van der Waals surface area contributed by atoms with E-state index >= 15 is 0 Å². The van der Waals surface area contributed by atoms with Crippen LogP contribution in [0.4, 0.5) is 5.69 Å². The second-order valence-corrected chi connectivity index (χ2v) is 5.17. The standard InChI is InChI=1S/C14H17ClN2/c1-7(2)11-9(4)17-14-10(15)6-5-8(3)12(14)13(11)16/h5-7H,1-4H3,(H2,16,17). The number of nitrogen functional groups attached to an aromatic ring is 1. The predicted molar refractivity (Wildman–Crippen MR) is 74.7 cm³/mol. The van der Waals surface area contributed by atoms with Crippen LogP contribution in [0.3, 0.4) is 0 Å². The first-order valence-corrected chi connectivity index (χ1v) is 6.16. The number of hydrogen-bond donors (Lipinski definition) is 1. The Kier molecular flexibility index (Phi) is 3.00. The number of nitrogens with two attached hydrogens (primary N) is 1. The zero-order valence-corrected chi connectivity index (χ0v) is 11.4. The van der Waals surface area contributed by atoms with Gasteiger partial charge in [-0.3, -0.25) is 4.98 Å². The van der Waals surface area contributed by atoms with Crippen molar-refractivity contribution in [2.24, 2.45) is 0 Å². The molecule has 2 rings (SSSR count). The monoisotopic (exact) mass is 248 g/mol. The van der Waals surface area contributed by atoms with E-state index in [0.717, 1.165) is 33.4 Å². The second-order valence-electron chi connectivity index (χ2n) is 4.77.